The lowest BCUT2D eigenvalue weighted by Crippen LogP contribution is -2.20. The van der Waals surface area contributed by atoms with Crippen LogP contribution < -0.4 is 16.4 Å². The van der Waals surface area contributed by atoms with Gasteiger partial charge < -0.3 is 21.4 Å². The summed E-state index contributed by atoms with van der Waals surface area (Å²) in [4.78, 5) is 31.2. The maximum atomic E-state index is 13.0. The second-order valence-electron chi connectivity index (χ2n) is 6.99. The minimum Gasteiger partial charge on any atom is -0.364 e. The van der Waals surface area contributed by atoms with Gasteiger partial charge in [0, 0.05) is 28.5 Å². The predicted octanol–water partition coefficient (Wildman–Crippen LogP) is 5.65. The number of aromatic amines is 1. The summed E-state index contributed by atoms with van der Waals surface area (Å²) in [5.41, 5.74) is 6.67. The lowest BCUT2D eigenvalue weighted by Gasteiger charge is -2.12. The number of primary amides is 1. The van der Waals surface area contributed by atoms with E-state index in [0.717, 1.165) is 12.1 Å². The van der Waals surface area contributed by atoms with Crippen molar-refractivity contribution >= 4 is 45.9 Å². The molecule has 0 saturated heterocycles. The second-order valence-corrected chi connectivity index (χ2v) is 7.39. The fourth-order valence-corrected chi connectivity index (χ4v) is 3.57. The number of aromatic nitrogens is 2. The van der Waals surface area contributed by atoms with Crippen LogP contribution in [0.2, 0.25) is 5.02 Å². The van der Waals surface area contributed by atoms with Crippen molar-refractivity contribution in [3.05, 3.63) is 77.1 Å². The first-order valence-corrected chi connectivity index (χ1v) is 9.83. The third kappa shape index (κ3) is 4.60. The van der Waals surface area contributed by atoms with E-state index in [4.69, 9.17) is 17.3 Å². The highest BCUT2D eigenvalue weighted by molar-refractivity contribution is 6.31. The van der Waals surface area contributed by atoms with E-state index in [-0.39, 0.29) is 11.4 Å². The number of nitrogens with zero attached hydrogens (tertiary/aromatic N) is 1. The van der Waals surface area contributed by atoms with E-state index in [1.54, 1.807) is 42.6 Å². The smallest absolute Gasteiger partial charge is 0.364 e. The van der Waals surface area contributed by atoms with Crippen LogP contribution in [0.4, 0.5) is 29.3 Å². The SMILES string of the molecule is NC(=O)c1[nH]c2ncccc2c1-c1ccc(NC(=O)Nc2ccc(Cl)c(C(F)(F)F)c2)cc1. The molecule has 2 aromatic carbocycles. The monoisotopic (exact) mass is 473 g/mol. The number of amides is 3. The number of pyridine rings is 1. The maximum Gasteiger partial charge on any atom is 0.417 e. The highest BCUT2D eigenvalue weighted by Crippen LogP contribution is 2.36. The number of benzene rings is 2. The molecular formula is C22H15ClF3N5O2. The largest absolute Gasteiger partial charge is 0.417 e. The molecule has 2 aromatic heterocycles. The molecule has 33 heavy (non-hydrogen) atoms. The van der Waals surface area contributed by atoms with E-state index in [2.05, 4.69) is 20.6 Å². The minimum absolute atomic E-state index is 0.0711. The van der Waals surface area contributed by atoms with Gasteiger partial charge in [-0.15, -0.1) is 0 Å². The van der Waals surface area contributed by atoms with Gasteiger partial charge in [0.25, 0.3) is 5.91 Å². The van der Waals surface area contributed by atoms with Crippen molar-refractivity contribution in [1.82, 2.24) is 9.97 Å². The molecule has 0 aliphatic rings. The Labute approximate surface area is 189 Å². The van der Waals surface area contributed by atoms with Crippen molar-refractivity contribution in [3.63, 3.8) is 0 Å². The zero-order valence-electron chi connectivity index (χ0n) is 16.6. The molecule has 5 N–H and O–H groups in total. The van der Waals surface area contributed by atoms with E-state index < -0.39 is 28.7 Å². The summed E-state index contributed by atoms with van der Waals surface area (Å²) in [5, 5.41) is 5.11. The van der Waals surface area contributed by atoms with Crippen LogP contribution in [0.3, 0.4) is 0 Å². The fourth-order valence-electron chi connectivity index (χ4n) is 3.34. The molecule has 0 spiro atoms. The molecule has 2 heterocycles. The zero-order valence-corrected chi connectivity index (χ0v) is 17.4. The molecule has 0 unspecified atom stereocenters. The minimum atomic E-state index is -4.65. The Hall–Kier alpha value is -4.05. The lowest BCUT2D eigenvalue weighted by molar-refractivity contribution is -0.137. The first-order chi connectivity index (χ1) is 15.6. The lowest BCUT2D eigenvalue weighted by atomic mass is 10.0. The van der Waals surface area contributed by atoms with Crippen LogP contribution in [-0.4, -0.2) is 21.9 Å². The Kier molecular flexibility index (Phi) is 5.69. The summed E-state index contributed by atoms with van der Waals surface area (Å²) >= 11 is 5.59. The molecule has 4 aromatic rings. The Bertz CT molecular complexity index is 1370. The second kappa shape index (κ2) is 8.47. The number of alkyl halides is 3. The summed E-state index contributed by atoms with van der Waals surface area (Å²) in [6, 6.07) is 12.3. The van der Waals surface area contributed by atoms with Crippen molar-refractivity contribution in [2.45, 2.75) is 6.18 Å². The zero-order chi connectivity index (χ0) is 23.8. The highest BCUT2D eigenvalue weighted by Gasteiger charge is 2.33. The number of hydrogen-bond acceptors (Lipinski definition) is 3. The fraction of sp³-hybridized carbons (Fsp3) is 0.0455. The molecule has 3 amide bonds. The third-order valence-electron chi connectivity index (χ3n) is 4.78. The molecule has 0 radical (unpaired) electrons. The molecule has 11 heteroatoms. The Morgan fingerprint density at radius 1 is 1.00 bits per heavy atom. The van der Waals surface area contributed by atoms with Crippen molar-refractivity contribution < 1.29 is 22.8 Å². The van der Waals surface area contributed by atoms with Gasteiger partial charge in [-0.25, -0.2) is 9.78 Å². The molecule has 0 fully saturated rings. The number of nitrogens with one attached hydrogen (secondary N) is 3. The van der Waals surface area contributed by atoms with Gasteiger partial charge in [0.2, 0.25) is 0 Å². The third-order valence-corrected chi connectivity index (χ3v) is 5.11. The number of hydrogen-bond donors (Lipinski definition) is 4. The number of carbonyl (C=O) groups excluding carboxylic acids is 2. The predicted molar refractivity (Wildman–Crippen MR) is 119 cm³/mol. The van der Waals surface area contributed by atoms with Gasteiger partial charge in [0.15, 0.2) is 0 Å². The summed E-state index contributed by atoms with van der Waals surface area (Å²) in [7, 11) is 0. The average molecular weight is 474 g/mol. The number of H-pyrrole nitrogens is 1. The average Bonchev–Trinajstić information content (AvgIpc) is 3.15. The van der Waals surface area contributed by atoms with Crippen molar-refractivity contribution in [1.29, 1.82) is 0 Å². The molecule has 0 aliphatic carbocycles. The van der Waals surface area contributed by atoms with Crippen molar-refractivity contribution in [3.8, 4) is 11.1 Å². The topological polar surface area (TPSA) is 113 Å². The van der Waals surface area contributed by atoms with Crippen LogP contribution in [0, 0.1) is 0 Å². The quantitative estimate of drug-likeness (QED) is 0.307. The van der Waals surface area contributed by atoms with Crippen LogP contribution in [-0.2, 0) is 6.18 Å². The van der Waals surface area contributed by atoms with Crippen LogP contribution >= 0.6 is 11.6 Å². The van der Waals surface area contributed by atoms with Gasteiger partial charge in [-0.2, -0.15) is 13.2 Å². The van der Waals surface area contributed by atoms with Gasteiger partial charge in [-0.05, 0) is 48.0 Å². The Balaban J connectivity index is 1.54. The number of urea groups is 1. The number of rotatable bonds is 4. The van der Waals surface area contributed by atoms with Crippen LogP contribution in [0.25, 0.3) is 22.2 Å². The molecule has 168 valence electrons. The molecule has 0 bridgehead atoms. The molecular weight excluding hydrogens is 459 g/mol. The first kappa shape index (κ1) is 22.2. The first-order valence-electron chi connectivity index (χ1n) is 9.45. The molecule has 0 aliphatic heterocycles. The number of carbonyl (C=O) groups is 2. The van der Waals surface area contributed by atoms with Gasteiger partial charge in [0.1, 0.15) is 11.3 Å². The van der Waals surface area contributed by atoms with E-state index >= 15 is 0 Å². The van der Waals surface area contributed by atoms with Gasteiger partial charge in [-0.1, -0.05) is 23.7 Å². The number of fused-ring (bicyclic) bond motifs is 1. The van der Waals surface area contributed by atoms with Crippen molar-refractivity contribution in [2.75, 3.05) is 10.6 Å². The Morgan fingerprint density at radius 3 is 2.33 bits per heavy atom. The summed E-state index contributed by atoms with van der Waals surface area (Å²) in [6.07, 6.45) is -3.07. The van der Waals surface area contributed by atoms with E-state index in [0.29, 0.717) is 27.8 Å². The van der Waals surface area contributed by atoms with Crippen LogP contribution in [0.15, 0.2) is 60.8 Å². The van der Waals surface area contributed by atoms with E-state index in [1.165, 1.54) is 6.07 Å². The number of anilines is 2. The summed E-state index contributed by atoms with van der Waals surface area (Å²) in [5.74, 6) is -0.647. The maximum absolute atomic E-state index is 13.0. The van der Waals surface area contributed by atoms with Crippen molar-refractivity contribution in [2.24, 2.45) is 5.73 Å². The Morgan fingerprint density at radius 2 is 1.67 bits per heavy atom. The van der Waals surface area contributed by atoms with Crippen LogP contribution in [0.1, 0.15) is 16.1 Å². The summed E-state index contributed by atoms with van der Waals surface area (Å²) < 4.78 is 39.0. The molecule has 7 nitrogen and oxygen atoms in total. The van der Waals surface area contributed by atoms with Gasteiger partial charge in [0.05, 0.1) is 10.6 Å². The highest BCUT2D eigenvalue weighted by atomic mass is 35.5. The number of halogens is 4. The molecule has 0 atom stereocenters. The van der Waals surface area contributed by atoms with Gasteiger partial charge in [-0.3, -0.25) is 4.79 Å². The molecule has 0 saturated carbocycles. The van der Waals surface area contributed by atoms with E-state index in [1.807, 2.05) is 0 Å². The van der Waals surface area contributed by atoms with Gasteiger partial charge >= 0.3 is 12.2 Å². The normalized spacial score (nSPS) is 11.4. The number of nitrogens with two attached hydrogens (primary N) is 1. The standard InChI is InChI=1S/C22H15ClF3N5O2/c23-16-8-7-13(10-15(16)22(24,25)26)30-21(33)29-12-5-3-11(4-6-12)17-14-2-1-9-28-20(14)31-18(17)19(27)32/h1-10H,(H2,27,32)(H,28,31)(H2,29,30,33). The van der Waals surface area contributed by atoms with E-state index in [9.17, 15) is 22.8 Å². The van der Waals surface area contributed by atoms with Crippen LogP contribution in [0.5, 0.6) is 0 Å². The molecule has 4 rings (SSSR count). The summed E-state index contributed by atoms with van der Waals surface area (Å²) in [6.45, 7) is 0.